The van der Waals surface area contributed by atoms with Crippen molar-refractivity contribution >= 4 is 11.8 Å². The number of carbonyl (C=O) groups is 2. The van der Waals surface area contributed by atoms with Crippen molar-refractivity contribution in [2.75, 3.05) is 26.2 Å². The summed E-state index contributed by atoms with van der Waals surface area (Å²) in [7, 11) is 0. The van der Waals surface area contributed by atoms with E-state index >= 15 is 0 Å². The molecule has 1 aromatic rings. The second kappa shape index (κ2) is 8.24. The van der Waals surface area contributed by atoms with Gasteiger partial charge in [-0.05, 0) is 37.5 Å². The Balaban J connectivity index is 1.80. The molecule has 0 saturated carbocycles. The van der Waals surface area contributed by atoms with E-state index in [4.69, 9.17) is 0 Å². The van der Waals surface area contributed by atoms with Gasteiger partial charge in [-0.3, -0.25) is 9.59 Å². The largest absolute Gasteiger partial charge is 0.384 e. The van der Waals surface area contributed by atoms with Gasteiger partial charge in [-0.15, -0.1) is 0 Å². The molecule has 6 heteroatoms. The number of amides is 2. The van der Waals surface area contributed by atoms with E-state index < -0.39 is 6.10 Å². The summed E-state index contributed by atoms with van der Waals surface area (Å²) in [6, 6.07) is 6.44. The molecule has 1 heterocycles. The highest BCUT2D eigenvalue weighted by Gasteiger charge is 2.28. The molecule has 24 heavy (non-hydrogen) atoms. The van der Waals surface area contributed by atoms with E-state index in [2.05, 4.69) is 0 Å². The average Bonchev–Trinajstić information content (AvgIpc) is 2.58. The van der Waals surface area contributed by atoms with Gasteiger partial charge in [-0.25, -0.2) is 4.39 Å². The van der Waals surface area contributed by atoms with Crippen LogP contribution in [-0.2, 0) is 16.0 Å². The van der Waals surface area contributed by atoms with Gasteiger partial charge in [-0.1, -0.05) is 19.1 Å². The van der Waals surface area contributed by atoms with Gasteiger partial charge in [0.2, 0.25) is 5.91 Å². The zero-order valence-electron chi connectivity index (χ0n) is 14.2. The third-order valence-corrected chi connectivity index (χ3v) is 4.44. The molecule has 0 aromatic heterocycles. The number of aryl methyl sites for hydroxylation is 1. The van der Waals surface area contributed by atoms with Gasteiger partial charge >= 0.3 is 0 Å². The Morgan fingerprint density at radius 3 is 2.25 bits per heavy atom. The SMILES string of the molecule is CC(O)C(=O)N1CCN(C(=O)C(C)CCc2cccc(F)c2)CC1. The minimum atomic E-state index is -1.00. The van der Waals surface area contributed by atoms with Crippen molar-refractivity contribution in [3.63, 3.8) is 0 Å². The Morgan fingerprint density at radius 2 is 1.71 bits per heavy atom. The number of aliphatic hydroxyl groups is 1. The molecule has 1 aliphatic rings. The lowest BCUT2D eigenvalue weighted by Crippen LogP contribution is -2.53. The van der Waals surface area contributed by atoms with E-state index in [1.54, 1.807) is 15.9 Å². The van der Waals surface area contributed by atoms with Crippen molar-refractivity contribution in [1.82, 2.24) is 9.80 Å². The summed E-state index contributed by atoms with van der Waals surface area (Å²) in [5, 5.41) is 9.34. The summed E-state index contributed by atoms with van der Waals surface area (Å²) >= 11 is 0. The van der Waals surface area contributed by atoms with E-state index in [0.717, 1.165) is 5.56 Å². The molecular weight excluding hydrogens is 311 g/mol. The molecule has 1 fully saturated rings. The van der Waals surface area contributed by atoms with Crippen molar-refractivity contribution < 1.29 is 19.1 Å². The Hall–Kier alpha value is -1.95. The van der Waals surface area contributed by atoms with Crippen LogP contribution in [0.3, 0.4) is 0 Å². The smallest absolute Gasteiger partial charge is 0.251 e. The summed E-state index contributed by atoms with van der Waals surface area (Å²) in [5.41, 5.74) is 0.891. The van der Waals surface area contributed by atoms with E-state index in [0.29, 0.717) is 39.0 Å². The Morgan fingerprint density at radius 1 is 1.12 bits per heavy atom. The molecule has 0 spiro atoms. The summed E-state index contributed by atoms with van der Waals surface area (Å²) < 4.78 is 13.2. The number of halogens is 1. The van der Waals surface area contributed by atoms with Crippen LogP contribution in [0.5, 0.6) is 0 Å². The van der Waals surface area contributed by atoms with Crippen LogP contribution in [0, 0.1) is 11.7 Å². The summed E-state index contributed by atoms with van der Waals surface area (Å²) in [6.45, 7) is 5.21. The van der Waals surface area contributed by atoms with E-state index in [1.807, 2.05) is 13.0 Å². The number of hydrogen-bond donors (Lipinski definition) is 1. The number of aliphatic hydroxyl groups excluding tert-OH is 1. The second-order valence-electron chi connectivity index (χ2n) is 6.40. The van der Waals surface area contributed by atoms with Crippen molar-refractivity contribution in [3.05, 3.63) is 35.6 Å². The maximum atomic E-state index is 13.2. The molecular formula is C18H25FN2O3. The fraction of sp³-hybridized carbons (Fsp3) is 0.556. The lowest BCUT2D eigenvalue weighted by molar-refractivity contribution is -0.146. The highest BCUT2D eigenvalue weighted by molar-refractivity contribution is 5.81. The number of rotatable bonds is 5. The van der Waals surface area contributed by atoms with Gasteiger partial charge in [0.05, 0.1) is 0 Å². The maximum absolute atomic E-state index is 13.2. The van der Waals surface area contributed by atoms with Crippen molar-refractivity contribution in [2.45, 2.75) is 32.8 Å². The van der Waals surface area contributed by atoms with Crippen LogP contribution in [0.2, 0.25) is 0 Å². The number of hydrogen-bond acceptors (Lipinski definition) is 3. The Labute approximate surface area is 142 Å². The molecule has 132 valence electrons. The summed E-state index contributed by atoms with van der Waals surface area (Å²) in [6.07, 6.45) is 0.317. The van der Waals surface area contributed by atoms with E-state index in [9.17, 15) is 19.1 Å². The molecule has 0 aliphatic carbocycles. The highest BCUT2D eigenvalue weighted by atomic mass is 19.1. The molecule has 5 nitrogen and oxygen atoms in total. The van der Waals surface area contributed by atoms with Gasteiger partial charge < -0.3 is 14.9 Å². The molecule has 2 amide bonds. The van der Waals surface area contributed by atoms with E-state index in [1.165, 1.54) is 19.1 Å². The fourth-order valence-corrected chi connectivity index (χ4v) is 2.92. The zero-order valence-corrected chi connectivity index (χ0v) is 14.2. The van der Waals surface area contributed by atoms with Crippen molar-refractivity contribution in [2.24, 2.45) is 5.92 Å². The molecule has 1 N–H and O–H groups in total. The van der Waals surface area contributed by atoms with E-state index in [-0.39, 0.29) is 23.5 Å². The minimum absolute atomic E-state index is 0.0653. The number of benzene rings is 1. The van der Waals surface area contributed by atoms with Gasteiger partial charge in [0.25, 0.3) is 5.91 Å². The first kappa shape index (κ1) is 18.4. The summed E-state index contributed by atoms with van der Waals surface area (Å²) in [4.78, 5) is 27.6. The molecule has 0 bridgehead atoms. The first-order valence-electron chi connectivity index (χ1n) is 8.38. The summed E-state index contributed by atoms with van der Waals surface area (Å²) in [5.74, 6) is -0.630. The van der Waals surface area contributed by atoms with Crippen LogP contribution in [-0.4, -0.2) is 59.0 Å². The van der Waals surface area contributed by atoms with Crippen LogP contribution < -0.4 is 0 Å². The quantitative estimate of drug-likeness (QED) is 0.885. The molecule has 0 radical (unpaired) electrons. The van der Waals surface area contributed by atoms with Crippen molar-refractivity contribution in [3.8, 4) is 0 Å². The first-order valence-corrected chi connectivity index (χ1v) is 8.38. The predicted molar refractivity (Wildman–Crippen MR) is 88.7 cm³/mol. The number of nitrogens with zero attached hydrogens (tertiary/aromatic N) is 2. The molecule has 1 aliphatic heterocycles. The minimum Gasteiger partial charge on any atom is -0.384 e. The van der Waals surface area contributed by atoms with Crippen LogP contribution >= 0.6 is 0 Å². The maximum Gasteiger partial charge on any atom is 0.251 e. The van der Waals surface area contributed by atoms with Gasteiger partial charge in [0.15, 0.2) is 0 Å². The third-order valence-electron chi connectivity index (χ3n) is 4.44. The topological polar surface area (TPSA) is 60.9 Å². The highest BCUT2D eigenvalue weighted by Crippen LogP contribution is 2.15. The van der Waals surface area contributed by atoms with Crippen LogP contribution in [0.4, 0.5) is 4.39 Å². The Kier molecular flexibility index (Phi) is 6.31. The van der Waals surface area contributed by atoms with Gasteiger partial charge in [0.1, 0.15) is 11.9 Å². The van der Waals surface area contributed by atoms with Crippen molar-refractivity contribution in [1.29, 1.82) is 0 Å². The van der Waals surface area contributed by atoms with Crippen LogP contribution in [0.1, 0.15) is 25.8 Å². The van der Waals surface area contributed by atoms with Crippen LogP contribution in [0.15, 0.2) is 24.3 Å². The lowest BCUT2D eigenvalue weighted by atomic mass is 9.99. The molecule has 1 aromatic carbocycles. The Bertz CT molecular complexity index is 583. The lowest BCUT2D eigenvalue weighted by Gasteiger charge is -2.36. The molecule has 2 atom stereocenters. The zero-order chi connectivity index (χ0) is 17.7. The third kappa shape index (κ3) is 4.77. The van der Waals surface area contributed by atoms with Crippen LogP contribution in [0.25, 0.3) is 0 Å². The number of carbonyl (C=O) groups excluding carboxylic acids is 2. The fourth-order valence-electron chi connectivity index (χ4n) is 2.92. The second-order valence-corrected chi connectivity index (χ2v) is 6.40. The number of piperazine rings is 1. The monoisotopic (exact) mass is 336 g/mol. The predicted octanol–water partition coefficient (Wildman–Crippen LogP) is 1.45. The van der Waals surface area contributed by atoms with Gasteiger partial charge in [-0.2, -0.15) is 0 Å². The molecule has 2 rings (SSSR count). The average molecular weight is 336 g/mol. The standard InChI is InChI=1S/C18H25FN2O3/c1-13(6-7-15-4-3-5-16(19)12-15)17(23)20-8-10-21(11-9-20)18(24)14(2)22/h3-5,12-14,22H,6-11H2,1-2H3. The molecule has 1 saturated heterocycles. The normalized spacial score (nSPS) is 17.5. The van der Waals surface area contributed by atoms with Gasteiger partial charge in [0, 0.05) is 32.1 Å². The first-order chi connectivity index (χ1) is 11.4. The molecule has 2 unspecified atom stereocenters.